The highest BCUT2D eigenvalue weighted by Gasteiger charge is 2.24. The van der Waals surface area contributed by atoms with Crippen molar-refractivity contribution in [1.29, 1.82) is 0 Å². The first-order chi connectivity index (χ1) is 19.0. The number of pyridine rings is 3. The largest absolute Gasteiger partial charge is 0.335 e. The summed E-state index contributed by atoms with van der Waals surface area (Å²) in [6.45, 7) is 2.06. The molecular formula is C28H23FN8OS. The third kappa shape index (κ3) is 4.15. The number of rotatable bonds is 5. The zero-order chi connectivity index (χ0) is 26.5. The number of aryl methyl sites for hydroxylation is 1. The minimum Gasteiger partial charge on any atom is -0.335 e. The summed E-state index contributed by atoms with van der Waals surface area (Å²) in [5.41, 5.74) is 4.14. The van der Waals surface area contributed by atoms with Crippen LogP contribution in [0.2, 0.25) is 0 Å². The van der Waals surface area contributed by atoms with Gasteiger partial charge in [0.25, 0.3) is 0 Å². The molecule has 11 heteroatoms. The number of imidazole rings is 1. The number of thiophene rings is 1. The first-order valence-corrected chi connectivity index (χ1v) is 13.6. The summed E-state index contributed by atoms with van der Waals surface area (Å²) in [6, 6.07) is 7.78. The second kappa shape index (κ2) is 9.35. The maximum absolute atomic E-state index is 16.1. The summed E-state index contributed by atoms with van der Waals surface area (Å²) in [4.78, 5) is 35.9. The molecule has 1 aliphatic carbocycles. The van der Waals surface area contributed by atoms with E-state index in [0.717, 1.165) is 41.6 Å². The quantitative estimate of drug-likeness (QED) is 0.238. The van der Waals surface area contributed by atoms with Crippen LogP contribution in [-0.2, 0) is 4.79 Å². The molecule has 6 heterocycles. The number of anilines is 1. The zero-order valence-electron chi connectivity index (χ0n) is 21.0. The fourth-order valence-corrected chi connectivity index (χ4v) is 6.12. The molecule has 0 aromatic carbocycles. The van der Waals surface area contributed by atoms with Crippen LogP contribution >= 0.6 is 11.3 Å². The molecule has 1 fully saturated rings. The summed E-state index contributed by atoms with van der Waals surface area (Å²) in [7, 11) is 0. The molecule has 1 aliphatic rings. The molecule has 0 unspecified atom stereocenters. The molecule has 9 nitrogen and oxygen atoms in total. The minimum atomic E-state index is -0.507. The molecular weight excluding hydrogens is 515 g/mol. The molecule has 0 bridgehead atoms. The van der Waals surface area contributed by atoms with Gasteiger partial charge in [-0.3, -0.25) is 14.9 Å². The number of amides is 1. The Bertz CT molecular complexity index is 1870. The number of hydrogen-bond acceptors (Lipinski definition) is 7. The van der Waals surface area contributed by atoms with E-state index in [0.29, 0.717) is 28.4 Å². The number of aromatic amines is 2. The monoisotopic (exact) mass is 538 g/mol. The number of fused-ring (bicyclic) bond motifs is 2. The average Bonchev–Trinajstić information content (AvgIpc) is 3.75. The summed E-state index contributed by atoms with van der Waals surface area (Å²) in [5.74, 6) is -0.102. The van der Waals surface area contributed by atoms with E-state index in [-0.39, 0.29) is 28.4 Å². The van der Waals surface area contributed by atoms with E-state index in [9.17, 15) is 4.79 Å². The Hall–Kier alpha value is -4.51. The Kier molecular flexibility index (Phi) is 5.66. The van der Waals surface area contributed by atoms with Crippen molar-refractivity contribution in [3.05, 3.63) is 59.7 Å². The molecule has 39 heavy (non-hydrogen) atoms. The normalized spacial score (nSPS) is 14.0. The summed E-state index contributed by atoms with van der Waals surface area (Å²) < 4.78 is 16.1. The highest BCUT2D eigenvalue weighted by molar-refractivity contribution is 7.15. The zero-order valence-corrected chi connectivity index (χ0v) is 21.8. The predicted molar refractivity (Wildman–Crippen MR) is 149 cm³/mol. The van der Waals surface area contributed by atoms with E-state index in [4.69, 9.17) is 0 Å². The predicted octanol–water partition coefficient (Wildman–Crippen LogP) is 6.26. The third-order valence-electron chi connectivity index (χ3n) is 7.20. The van der Waals surface area contributed by atoms with Gasteiger partial charge in [-0.05, 0) is 44.0 Å². The van der Waals surface area contributed by atoms with Crippen LogP contribution < -0.4 is 5.32 Å². The molecule has 0 saturated heterocycles. The second-order valence-corrected chi connectivity index (χ2v) is 11.1. The maximum Gasteiger partial charge on any atom is 0.227 e. The topological polar surface area (TPSA) is 125 Å². The minimum absolute atomic E-state index is 0.0135. The van der Waals surface area contributed by atoms with Gasteiger partial charge in [0.15, 0.2) is 17.1 Å². The number of nitrogens with zero attached hydrogens (tertiary/aromatic N) is 5. The van der Waals surface area contributed by atoms with Crippen LogP contribution in [0.4, 0.5) is 10.1 Å². The molecule has 0 radical (unpaired) electrons. The third-order valence-corrected chi connectivity index (χ3v) is 8.23. The van der Waals surface area contributed by atoms with E-state index >= 15 is 4.39 Å². The van der Waals surface area contributed by atoms with Crippen LogP contribution in [-0.4, -0.2) is 41.0 Å². The van der Waals surface area contributed by atoms with Crippen LogP contribution in [0.3, 0.4) is 0 Å². The summed E-state index contributed by atoms with van der Waals surface area (Å²) >= 11 is 1.68. The number of H-pyrrole nitrogens is 2. The molecule has 0 atom stereocenters. The molecule has 7 rings (SSSR count). The summed E-state index contributed by atoms with van der Waals surface area (Å²) in [5, 5.41) is 10.3. The van der Waals surface area contributed by atoms with Gasteiger partial charge in [-0.25, -0.2) is 19.3 Å². The van der Waals surface area contributed by atoms with Crippen molar-refractivity contribution in [2.75, 3.05) is 5.32 Å². The van der Waals surface area contributed by atoms with Crippen molar-refractivity contribution < 1.29 is 9.18 Å². The summed E-state index contributed by atoms with van der Waals surface area (Å²) in [6.07, 6.45) is 10.2. The number of carbonyl (C=O) groups is 1. The average molecular weight is 539 g/mol. The van der Waals surface area contributed by atoms with Gasteiger partial charge >= 0.3 is 0 Å². The molecule has 1 saturated carbocycles. The van der Waals surface area contributed by atoms with Gasteiger partial charge in [0.05, 0.1) is 22.8 Å². The van der Waals surface area contributed by atoms with Crippen LogP contribution in [0.1, 0.15) is 30.6 Å². The maximum atomic E-state index is 16.1. The Morgan fingerprint density at radius 1 is 1.08 bits per heavy atom. The molecule has 0 aliphatic heterocycles. The van der Waals surface area contributed by atoms with E-state index in [1.54, 1.807) is 36.0 Å². The van der Waals surface area contributed by atoms with Crippen molar-refractivity contribution in [2.45, 2.75) is 32.6 Å². The highest BCUT2D eigenvalue weighted by Crippen LogP contribution is 2.36. The van der Waals surface area contributed by atoms with E-state index in [1.807, 2.05) is 6.07 Å². The van der Waals surface area contributed by atoms with E-state index < -0.39 is 5.82 Å². The van der Waals surface area contributed by atoms with Gasteiger partial charge in [-0.15, -0.1) is 11.3 Å². The lowest BCUT2D eigenvalue weighted by molar-refractivity contribution is -0.119. The SMILES string of the molecule is Cc1ccc(-c2ccnc3nc(-c4[nH]nc5ncc(-c6cncc(NC(=O)C7CCCC7)c6)c(F)c45)[nH]c23)s1. The lowest BCUT2D eigenvalue weighted by Gasteiger charge is -2.11. The number of carbonyl (C=O) groups excluding carboxylic acids is 1. The lowest BCUT2D eigenvalue weighted by Crippen LogP contribution is -2.20. The van der Waals surface area contributed by atoms with Crippen molar-refractivity contribution in [1.82, 2.24) is 35.1 Å². The Labute approximate surface area is 226 Å². The van der Waals surface area contributed by atoms with Gasteiger partial charge in [-0.1, -0.05) is 12.8 Å². The van der Waals surface area contributed by atoms with Crippen LogP contribution in [0.5, 0.6) is 0 Å². The van der Waals surface area contributed by atoms with Crippen molar-refractivity contribution >= 4 is 45.1 Å². The Morgan fingerprint density at radius 2 is 1.95 bits per heavy atom. The van der Waals surface area contributed by atoms with Crippen LogP contribution in [0, 0.1) is 18.7 Å². The van der Waals surface area contributed by atoms with Crippen LogP contribution in [0.25, 0.3) is 55.3 Å². The van der Waals surface area contributed by atoms with Crippen molar-refractivity contribution in [3.8, 4) is 33.1 Å². The number of aromatic nitrogens is 7. The first-order valence-electron chi connectivity index (χ1n) is 12.8. The Morgan fingerprint density at radius 3 is 2.77 bits per heavy atom. The number of hydrogen-bond donors (Lipinski definition) is 3. The van der Waals surface area contributed by atoms with Gasteiger partial charge in [-0.2, -0.15) is 5.10 Å². The molecule has 3 N–H and O–H groups in total. The standard InChI is InChI=1S/C28H23FN8OS/c1-14-6-7-20(39-14)18-8-9-31-26-23(18)34-27(35-26)24-21-22(29)19(13-32-25(21)37-36-24)16-10-17(12-30-11-16)33-28(38)15-4-2-3-5-15/h6-13,15H,2-5H2,1H3,(H,33,38)(H,31,34,35)(H,32,36,37). The lowest BCUT2D eigenvalue weighted by atomic mass is 10.1. The van der Waals surface area contributed by atoms with Crippen LogP contribution in [0.15, 0.2) is 49.1 Å². The first kappa shape index (κ1) is 23.6. The Balaban J connectivity index is 1.28. The smallest absolute Gasteiger partial charge is 0.227 e. The number of halogens is 1. The van der Waals surface area contributed by atoms with E-state index in [2.05, 4.69) is 59.5 Å². The second-order valence-electron chi connectivity index (χ2n) is 9.77. The molecule has 194 valence electrons. The number of nitrogens with one attached hydrogen (secondary N) is 3. The van der Waals surface area contributed by atoms with Crippen molar-refractivity contribution in [2.24, 2.45) is 5.92 Å². The van der Waals surface area contributed by atoms with E-state index in [1.165, 1.54) is 11.1 Å². The van der Waals surface area contributed by atoms with Gasteiger partial charge in [0, 0.05) is 51.0 Å². The fraction of sp³-hybridized carbons (Fsp3) is 0.214. The van der Waals surface area contributed by atoms with Gasteiger partial charge < -0.3 is 10.3 Å². The molecule has 6 aromatic heterocycles. The fourth-order valence-electron chi connectivity index (χ4n) is 5.23. The molecule has 1 amide bonds. The van der Waals surface area contributed by atoms with Gasteiger partial charge in [0.2, 0.25) is 5.91 Å². The van der Waals surface area contributed by atoms with Gasteiger partial charge in [0.1, 0.15) is 11.5 Å². The van der Waals surface area contributed by atoms with Crippen molar-refractivity contribution in [3.63, 3.8) is 0 Å². The highest BCUT2D eigenvalue weighted by atomic mass is 32.1. The molecule has 6 aromatic rings. The molecule has 0 spiro atoms.